The van der Waals surface area contributed by atoms with Gasteiger partial charge in [-0.25, -0.2) is 8.42 Å². The van der Waals surface area contributed by atoms with Crippen LogP contribution in [0.25, 0.3) is 0 Å². The van der Waals surface area contributed by atoms with Gasteiger partial charge in [-0.1, -0.05) is 12.8 Å². The molecule has 0 radical (unpaired) electrons. The van der Waals surface area contributed by atoms with Crippen molar-refractivity contribution in [2.75, 3.05) is 19.4 Å². The Kier molecular flexibility index (Phi) is 3.57. The summed E-state index contributed by atoms with van der Waals surface area (Å²) in [7, 11) is -3.35. The first-order valence-electron chi connectivity index (χ1n) is 7.58. The number of carbonyl (C=O) groups is 1. The number of hydrogen-bond acceptors (Lipinski definition) is 4. The van der Waals surface area contributed by atoms with Crippen molar-refractivity contribution < 1.29 is 17.9 Å². The van der Waals surface area contributed by atoms with Gasteiger partial charge in [0.25, 0.3) is 0 Å². The highest BCUT2D eigenvalue weighted by Crippen LogP contribution is 2.42. The monoisotopic (exact) mass is 301 g/mol. The van der Waals surface area contributed by atoms with Crippen LogP contribution >= 0.6 is 0 Å². The Labute approximate surface area is 120 Å². The molecule has 2 saturated carbocycles. The standard InChI is InChI=1S/C14H23NO4S/c1-20(17,18)14(7-4-8-14)13(16)15-9-10-19-12-6-3-2-5-11(12)15/h11-12H,2-10H2,1H3. The third-order valence-electron chi connectivity index (χ3n) is 5.25. The highest BCUT2D eigenvalue weighted by molar-refractivity contribution is 7.93. The minimum absolute atomic E-state index is 0.0872. The summed E-state index contributed by atoms with van der Waals surface area (Å²) >= 11 is 0. The summed E-state index contributed by atoms with van der Waals surface area (Å²) in [5.41, 5.74) is 0. The van der Waals surface area contributed by atoms with Crippen molar-refractivity contribution in [1.29, 1.82) is 0 Å². The Balaban J connectivity index is 1.85. The summed E-state index contributed by atoms with van der Waals surface area (Å²) in [5.74, 6) is -0.161. The SMILES string of the molecule is CS(=O)(=O)C1(C(=O)N2CCOC3CCCCC32)CCC1. The van der Waals surface area contributed by atoms with Crippen LogP contribution in [0.4, 0.5) is 0 Å². The number of ether oxygens (including phenoxy) is 1. The van der Waals surface area contributed by atoms with Gasteiger partial charge in [-0.2, -0.15) is 0 Å². The van der Waals surface area contributed by atoms with Gasteiger partial charge in [0.1, 0.15) is 0 Å². The summed E-state index contributed by atoms with van der Waals surface area (Å²) in [4.78, 5) is 14.7. The number of morpholine rings is 1. The molecule has 0 bridgehead atoms. The molecule has 20 heavy (non-hydrogen) atoms. The van der Waals surface area contributed by atoms with Gasteiger partial charge < -0.3 is 9.64 Å². The van der Waals surface area contributed by atoms with Gasteiger partial charge in [0.15, 0.2) is 14.6 Å². The lowest BCUT2D eigenvalue weighted by molar-refractivity contribution is -0.154. The summed E-state index contributed by atoms with van der Waals surface area (Å²) in [5, 5.41) is 0. The van der Waals surface area contributed by atoms with Crippen LogP contribution < -0.4 is 0 Å². The van der Waals surface area contributed by atoms with Crippen molar-refractivity contribution in [2.24, 2.45) is 0 Å². The lowest BCUT2D eigenvalue weighted by Gasteiger charge is -2.49. The van der Waals surface area contributed by atoms with Gasteiger partial charge >= 0.3 is 0 Å². The van der Waals surface area contributed by atoms with Crippen LogP contribution in [0.5, 0.6) is 0 Å². The Bertz CT molecular complexity index is 495. The van der Waals surface area contributed by atoms with Crippen molar-refractivity contribution >= 4 is 15.7 Å². The average molecular weight is 301 g/mol. The zero-order chi connectivity index (χ0) is 14.4. The van der Waals surface area contributed by atoms with Crippen LogP contribution in [0.15, 0.2) is 0 Å². The second-order valence-corrected chi connectivity index (χ2v) is 8.71. The van der Waals surface area contributed by atoms with Crippen molar-refractivity contribution in [2.45, 2.75) is 61.8 Å². The van der Waals surface area contributed by atoms with Crippen LogP contribution in [0.3, 0.4) is 0 Å². The van der Waals surface area contributed by atoms with E-state index >= 15 is 0 Å². The third-order valence-corrected chi connectivity index (χ3v) is 7.26. The van der Waals surface area contributed by atoms with Gasteiger partial charge in [-0.05, 0) is 32.1 Å². The van der Waals surface area contributed by atoms with Crippen molar-refractivity contribution in [3.8, 4) is 0 Å². The van der Waals surface area contributed by atoms with E-state index in [0.717, 1.165) is 32.1 Å². The second kappa shape index (κ2) is 4.98. The van der Waals surface area contributed by atoms with Crippen LogP contribution in [-0.2, 0) is 19.4 Å². The summed E-state index contributed by atoms with van der Waals surface area (Å²) < 4.78 is 28.8. The molecule has 0 N–H and O–H groups in total. The molecule has 3 rings (SSSR count). The number of nitrogens with zero attached hydrogens (tertiary/aromatic N) is 1. The predicted molar refractivity (Wildman–Crippen MR) is 75.1 cm³/mol. The number of fused-ring (bicyclic) bond motifs is 1. The molecule has 1 heterocycles. The first-order chi connectivity index (χ1) is 9.46. The molecule has 1 amide bonds. The van der Waals surface area contributed by atoms with Gasteiger partial charge in [-0.3, -0.25) is 4.79 Å². The Hall–Kier alpha value is -0.620. The minimum Gasteiger partial charge on any atom is -0.374 e. The quantitative estimate of drug-likeness (QED) is 0.767. The van der Waals surface area contributed by atoms with Gasteiger partial charge in [0, 0.05) is 12.8 Å². The molecular weight excluding hydrogens is 278 g/mol. The molecule has 2 unspecified atom stereocenters. The van der Waals surface area contributed by atoms with E-state index in [1.54, 1.807) is 0 Å². The van der Waals surface area contributed by atoms with Gasteiger partial charge in [0.05, 0.1) is 18.8 Å². The largest absolute Gasteiger partial charge is 0.374 e. The number of sulfone groups is 1. The lowest BCUT2D eigenvalue weighted by atomic mass is 9.81. The normalized spacial score (nSPS) is 33.1. The molecule has 3 aliphatic rings. The molecule has 0 aromatic heterocycles. The predicted octanol–water partition coefficient (Wildman–Crippen LogP) is 1.12. The molecule has 6 heteroatoms. The number of hydrogen-bond donors (Lipinski definition) is 0. The molecule has 2 atom stereocenters. The molecule has 3 fully saturated rings. The molecule has 2 aliphatic carbocycles. The maximum Gasteiger partial charge on any atom is 0.244 e. The van der Waals surface area contributed by atoms with E-state index in [2.05, 4.69) is 0 Å². The topological polar surface area (TPSA) is 63.7 Å². The summed E-state index contributed by atoms with van der Waals surface area (Å²) in [6.45, 7) is 1.07. The molecule has 0 aromatic rings. The Morgan fingerprint density at radius 1 is 1.20 bits per heavy atom. The van der Waals surface area contributed by atoms with E-state index in [1.807, 2.05) is 4.90 Å². The smallest absolute Gasteiger partial charge is 0.244 e. The van der Waals surface area contributed by atoms with Crippen molar-refractivity contribution in [3.05, 3.63) is 0 Å². The fourth-order valence-electron chi connectivity index (χ4n) is 3.85. The van der Waals surface area contributed by atoms with Gasteiger partial charge in [0.2, 0.25) is 5.91 Å². The van der Waals surface area contributed by atoms with E-state index in [0.29, 0.717) is 26.0 Å². The number of amides is 1. The van der Waals surface area contributed by atoms with E-state index in [1.165, 1.54) is 6.26 Å². The maximum atomic E-state index is 12.9. The highest BCUT2D eigenvalue weighted by Gasteiger charge is 2.56. The van der Waals surface area contributed by atoms with E-state index < -0.39 is 14.6 Å². The van der Waals surface area contributed by atoms with Crippen molar-refractivity contribution in [3.63, 3.8) is 0 Å². The Morgan fingerprint density at radius 3 is 2.50 bits per heavy atom. The fourth-order valence-corrected chi connectivity index (χ4v) is 5.32. The molecule has 1 aliphatic heterocycles. The fraction of sp³-hybridized carbons (Fsp3) is 0.929. The van der Waals surface area contributed by atoms with Crippen LogP contribution in [0.1, 0.15) is 44.9 Å². The number of carbonyl (C=O) groups excluding carboxylic acids is 1. The van der Waals surface area contributed by atoms with Crippen molar-refractivity contribution in [1.82, 2.24) is 4.90 Å². The zero-order valence-corrected chi connectivity index (χ0v) is 12.8. The third kappa shape index (κ3) is 2.08. The summed E-state index contributed by atoms with van der Waals surface area (Å²) in [6, 6.07) is 0.0872. The summed E-state index contributed by atoms with van der Waals surface area (Å²) in [6.07, 6.45) is 7.29. The van der Waals surface area contributed by atoms with E-state index in [4.69, 9.17) is 4.74 Å². The van der Waals surface area contributed by atoms with Gasteiger partial charge in [-0.15, -0.1) is 0 Å². The lowest BCUT2D eigenvalue weighted by Crippen LogP contribution is -2.64. The molecule has 0 aromatic carbocycles. The first-order valence-corrected chi connectivity index (χ1v) is 9.47. The second-order valence-electron chi connectivity index (χ2n) is 6.38. The molecule has 114 valence electrons. The van der Waals surface area contributed by atoms with Crippen LogP contribution in [0, 0.1) is 0 Å². The van der Waals surface area contributed by atoms with E-state index in [-0.39, 0.29) is 18.1 Å². The number of rotatable bonds is 2. The highest BCUT2D eigenvalue weighted by atomic mass is 32.2. The Morgan fingerprint density at radius 2 is 1.90 bits per heavy atom. The maximum absolute atomic E-state index is 12.9. The molecule has 0 spiro atoms. The average Bonchev–Trinajstić information content (AvgIpc) is 2.34. The minimum atomic E-state index is -3.35. The van der Waals surface area contributed by atoms with E-state index in [9.17, 15) is 13.2 Å². The van der Waals surface area contributed by atoms with Crippen LogP contribution in [-0.4, -0.2) is 55.5 Å². The first kappa shape index (κ1) is 14.3. The molecule has 1 saturated heterocycles. The zero-order valence-electron chi connectivity index (χ0n) is 12.0. The molecule has 5 nitrogen and oxygen atoms in total. The molecular formula is C14H23NO4S. The van der Waals surface area contributed by atoms with Crippen LogP contribution in [0.2, 0.25) is 0 Å².